The number of rotatable bonds is 8. The summed E-state index contributed by atoms with van der Waals surface area (Å²) in [4.78, 5) is 8.73. The second kappa shape index (κ2) is 9.71. The Hall–Kier alpha value is -1.89. The first-order valence-corrected chi connectivity index (χ1v) is 9.06. The molecule has 26 heavy (non-hydrogen) atoms. The Balaban J connectivity index is 1.59. The largest absolute Gasteiger partial charge is 0.379 e. The van der Waals surface area contributed by atoms with Gasteiger partial charge >= 0.3 is 0 Å². The van der Waals surface area contributed by atoms with Crippen molar-refractivity contribution in [2.24, 2.45) is 0 Å². The molecule has 1 saturated heterocycles. The predicted octanol–water partition coefficient (Wildman–Crippen LogP) is 3.08. The van der Waals surface area contributed by atoms with E-state index in [1.165, 1.54) is 12.1 Å². The summed E-state index contributed by atoms with van der Waals surface area (Å²) in [5.74, 6) is -1.60. The van der Waals surface area contributed by atoms with Gasteiger partial charge in [-0.1, -0.05) is 6.07 Å². The zero-order valence-corrected chi connectivity index (χ0v) is 14.9. The monoisotopic (exact) mass is 361 g/mol. The summed E-state index contributed by atoms with van der Waals surface area (Å²) >= 11 is 0. The van der Waals surface area contributed by atoms with Crippen molar-refractivity contribution in [1.29, 1.82) is 0 Å². The second-order valence-corrected chi connectivity index (χ2v) is 6.62. The smallest absolute Gasteiger partial charge is 0.159 e. The van der Waals surface area contributed by atoms with Crippen LogP contribution in [0.3, 0.4) is 0 Å². The molecule has 1 aliphatic heterocycles. The predicted molar refractivity (Wildman–Crippen MR) is 96.6 cm³/mol. The number of morpholine rings is 1. The first kappa shape index (κ1) is 18.9. The molecule has 0 aliphatic carbocycles. The number of ether oxygens (including phenoxy) is 1. The molecule has 0 unspecified atom stereocenters. The second-order valence-electron chi connectivity index (χ2n) is 6.62. The SMILES string of the molecule is Fc1ccc(CN(CCCN2CCOCC2)Cc2ccncc2)cc1F. The Morgan fingerprint density at radius 1 is 0.962 bits per heavy atom. The maximum absolute atomic E-state index is 13.5. The van der Waals surface area contributed by atoms with Crippen LogP contribution in [0.15, 0.2) is 42.7 Å². The van der Waals surface area contributed by atoms with Gasteiger partial charge in [0.1, 0.15) is 0 Å². The van der Waals surface area contributed by atoms with Crippen molar-refractivity contribution >= 4 is 0 Å². The lowest BCUT2D eigenvalue weighted by Crippen LogP contribution is -2.38. The lowest BCUT2D eigenvalue weighted by molar-refractivity contribution is 0.0359. The molecule has 1 aromatic heterocycles. The van der Waals surface area contributed by atoms with Gasteiger partial charge in [0.05, 0.1) is 13.2 Å². The van der Waals surface area contributed by atoms with Gasteiger partial charge in [0, 0.05) is 45.1 Å². The van der Waals surface area contributed by atoms with E-state index in [1.54, 1.807) is 18.5 Å². The molecule has 1 fully saturated rings. The fraction of sp³-hybridized carbons (Fsp3) is 0.450. The molecule has 2 heterocycles. The minimum atomic E-state index is -0.804. The molecule has 6 heteroatoms. The summed E-state index contributed by atoms with van der Waals surface area (Å²) in [5, 5.41) is 0. The van der Waals surface area contributed by atoms with Crippen LogP contribution in [0.1, 0.15) is 17.5 Å². The summed E-state index contributed by atoms with van der Waals surface area (Å²) in [6, 6.07) is 8.11. The number of aromatic nitrogens is 1. The average molecular weight is 361 g/mol. The number of halogens is 2. The van der Waals surface area contributed by atoms with Gasteiger partial charge in [-0.15, -0.1) is 0 Å². The van der Waals surface area contributed by atoms with Crippen molar-refractivity contribution in [1.82, 2.24) is 14.8 Å². The van der Waals surface area contributed by atoms with E-state index in [0.29, 0.717) is 6.54 Å². The van der Waals surface area contributed by atoms with Crippen molar-refractivity contribution in [2.45, 2.75) is 19.5 Å². The van der Waals surface area contributed by atoms with E-state index in [4.69, 9.17) is 4.74 Å². The first-order chi connectivity index (χ1) is 12.7. The van der Waals surface area contributed by atoms with E-state index in [2.05, 4.69) is 14.8 Å². The summed E-state index contributed by atoms with van der Waals surface area (Å²) in [6.45, 7) is 6.81. The van der Waals surface area contributed by atoms with E-state index in [0.717, 1.165) is 63.5 Å². The Morgan fingerprint density at radius 3 is 2.42 bits per heavy atom. The Labute approximate surface area is 153 Å². The Bertz CT molecular complexity index is 678. The molecule has 0 saturated carbocycles. The zero-order chi connectivity index (χ0) is 18.2. The lowest BCUT2D eigenvalue weighted by Gasteiger charge is -2.28. The molecule has 3 rings (SSSR count). The summed E-state index contributed by atoms with van der Waals surface area (Å²) in [6.07, 6.45) is 4.58. The molecule has 2 aromatic rings. The number of benzene rings is 1. The molecule has 0 spiro atoms. The van der Waals surface area contributed by atoms with Crippen LogP contribution in [0.5, 0.6) is 0 Å². The maximum Gasteiger partial charge on any atom is 0.159 e. The van der Waals surface area contributed by atoms with Crippen LogP contribution in [-0.4, -0.2) is 54.2 Å². The molecule has 4 nitrogen and oxygen atoms in total. The van der Waals surface area contributed by atoms with Gasteiger partial charge in [0.2, 0.25) is 0 Å². The van der Waals surface area contributed by atoms with Gasteiger partial charge in [0.15, 0.2) is 11.6 Å². The van der Waals surface area contributed by atoms with Gasteiger partial charge in [0.25, 0.3) is 0 Å². The van der Waals surface area contributed by atoms with Crippen molar-refractivity contribution in [3.63, 3.8) is 0 Å². The van der Waals surface area contributed by atoms with E-state index in [-0.39, 0.29) is 0 Å². The summed E-state index contributed by atoms with van der Waals surface area (Å²) in [5.41, 5.74) is 1.94. The van der Waals surface area contributed by atoms with Crippen molar-refractivity contribution in [2.75, 3.05) is 39.4 Å². The molecule has 140 valence electrons. The molecule has 0 bridgehead atoms. The van der Waals surface area contributed by atoms with E-state index in [1.807, 2.05) is 12.1 Å². The molecule has 0 atom stereocenters. The first-order valence-electron chi connectivity index (χ1n) is 9.06. The van der Waals surface area contributed by atoms with Gasteiger partial charge in [-0.3, -0.25) is 14.8 Å². The third-order valence-electron chi connectivity index (χ3n) is 4.60. The molecule has 1 aliphatic rings. The molecule has 0 N–H and O–H groups in total. The van der Waals surface area contributed by atoms with Crippen LogP contribution in [-0.2, 0) is 17.8 Å². The third kappa shape index (κ3) is 5.83. The highest BCUT2D eigenvalue weighted by Gasteiger charge is 2.13. The van der Waals surface area contributed by atoms with E-state index < -0.39 is 11.6 Å². The topological polar surface area (TPSA) is 28.6 Å². The van der Waals surface area contributed by atoms with Gasteiger partial charge in [-0.25, -0.2) is 8.78 Å². The zero-order valence-electron chi connectivity index (χ0n) is 14.9. The van der Waals surface area contributed by atoms with Crippen LogP contribution >= 0.6 is 0 Å². The number of nitrogens with zero attached hydrogens (tertiary/aromatic N) is 3. The minimum Gasteiger partial charge on any atom is -0.379 e. The Kier molecular flexibility index (Phi) is 7.05. The van der Waals surface area contributed by atoms with E-state index >= 15 is 0 Å². The number of hydrogen-bond donors (Lipinski definition) is 0. The van der Waals surface area contributed by atoms with Crippen molar-refractivity contribution < 1.29 is 13.5 Å². The normalized spacial score (nSPS) is 15.5. The van der Waals surface area contributed by atoms with Crippen molar-refractivity contribution in [3.05, 3.63) is 65.5 Å². The van der Waals surface area contributed by atoms with E-state index in [9.17, 15) is 8.78 Å². The van der Waals surface area contributed by atoms with Gasteiger partial charge in [-0.2, -0.15) is 0 Å². The highest BCUT2D eigenvalue weighted by molar-refractivity contribution is 5.18. The fourth-order valence-corrected chi connectivity index (χ4v) is 3.20. The highest BCUT2D eigenvalue weighted by Crippen LogP contribution is 2.14. The quantitative estimate of drug-likeness (QED) is 0.722. The maximum atomic E-state index is 13.5. The number of hydrogen-bond acceptors (Lipinski definition) is 4. The van der Waals surface area contributed by atoms with Gasteiger partial charge < -0.3 is 4.74 Å². The molecule has 0 amide bonds. The summed E-state index contributed by atoms with van der Waals surface area (Å²) < 4.78 is 32.1. The van der Waals surface area contributed by atoms with Crippen molar-refractivity contribution in [3.8, 4) is 0 Å². The fourth-order valence-electron chi connectivity index (χ4n) is 3.20. The van der Waals surface area contributed by atoms with Gasteiger partial charge in [-0.05, 0) is 48.4 Å². The molecule has 1 aromatic carbocycles. The van der Waals surface area contributed by atoms with Crippen LogP contribution < -0.4 is 0 Å². The molecule has 0 radical (unpaired) electrons. The lowest BCUT2D eigenvalue weighted by atomic mass is 10.1. The molecular formula is C20H25F2N3O. The summed E-state index contributed by atoms with van der Waals surface area (Å²) in [7, 11) is 0. The van der Waals surface area contributed by atoms with Crippen LogP contribution in [0, 0.1) is 11.6 Å². The standard InChI is InChI=1S/C20H25F2N3O/c21-19-3-2-18(14-20(19)22)16-25(15-17-4-6-23-7-5-17)9-1-8-24-10-12-26-13-11-24/h2-7,14H,1,8-13,15-16H2. The highest BCUT2D eigenvalue weighted by atomic mass is 19.2. The Morgan fingerprint density at radius 2 is 1.69 bits per heavy atom. The van der Waals surface area contributed by atoms with Crippen LogP contribution in [0.2, 0.25) is 0 Å². The third-order valence-corrected chi connectivity index (χ3v) is 4.60. The van der Waals surface area contributed by atoms with Crippen LogP contribution in [0.4, 0.5) is 8.78 Å². The number of pyridine rings is 1. The minimum absolute atomic E-state index is 0.586. The average Bonchev–Trinajstić information content (AvgIpc) is 2.66. The van der Waals surface area contributed by atoms with Crippen LogP contribution in [0.25, 0.3) is 0 Å². The molecular weight excluding hydrogens is 336 g/mol.